The lowest BCUT2D eigenvalue weighted by molar-refractivity contribution is 0.147. The Morgan fingerprint density at radius 3 is 2.24 bits per heavy atom. The van der Waals surface area contributed by atoms with Crippen molar-refractivity contribution in [1.82, 2.24) is 9.97 Å². The Kier molecular flexibility index (Phi) is 3.10. The van der Waals surface area contributed by atoms with Gasteiger partial charge >= 0.3 is 11.1 Å². The normalized spacial score (nSPS) is 13.2. The van der Waals surface area contributed by atoms with E-state index in [0.29, 0.717) is 16.6 Å². The molecule has 7 heteroatoms. The van der Waals surface area contributed by atoms with E-state index in [0.717, 1.165) is 0 Å². The van der Waals surface area contributed by atoms with E-state index in [2.05, 4.69) is 25.9 Å². The molecule has 1 unspecified atom stereocenters. The molecule has 0 radical (unpaired) electrons. The maximum atomic E-state index is 12.5. The van der Waals surface area contributed by atoms with Crippen LogP contribution in [0.4, 0.5) is 8.78 Å². The number of fused-ring (bicyclic) bond motifs is 1. The summed E-state index contributed by atoms with van der Waals surface area (Å²) in [6.07, 6.45) is -2.55. The molecule has 1 atom stereocenters. The van der Waals surface area contributed by atoms with Crippen LogP contribution in [-0.4, -0.2) is 16.4 Å². The number of nitrogens with one attached hydrogen (secondary N) is 2. The van der Waals surface area contributed by atoms with Gasteiger partial charge in [0.15, 0.2) is 0 Å². The molecule has 0 bridgehead atoms. The molecule has 0 saturated carbocycles. The molecule has 1 aromatic carbocycles. The summed E-state index contributed by atoms with van der Waals surface area (Å²) in [6.45, 7) is 0. The molecular formula is C10H7BrF2N2O2. The fourth-order valence-electron chi connectivity index (χ4n) is 1.45. The Balaban J connectivity index is 2.62. The molecule has 0 spiro atoms. The average molecular weight is 305 g/mol. The topological polar surface area (TPSA) is 65.7 Å². The number of aromatic nitrogens is 2. The maximum absolute atomic E-state index is 12.5. The summed E-state index contributed by atoms with van der Waals surface area (Å²) in [5.41, 5.74) is -0.535. The van der Waals surface area contributed by atoms with Crippen molar-refractivity contribution in [3.63, 3.8) is 0 Å². The van der Waals surface area contributed by atoms with E-state index in [1.165, 1.54) is 18.2 Å². The van der Waals surface area contributed by atoms with Gasteiger partial charge in [-0.2, -0.15) is 0 Å². The fraction of sp³-hybridized carbons (Fsp3) is 0.200. The van der Waals surface area contributed by atoms with E-state index in [4.69, 9.17) is 0 Å². The number of alkyl halides is 3. The molecule has 2 N–H and O–H groups in total. The first kappa shape index (κ1) is 12.0. The van der Waals surface area contributed by atoms with Crippen LogP contribution in [0.2, 0.25) is 0 Å². The summed E-state index contributed by atoms with van der Waals surface area (Å²) < 4.78 is 25.0. The van der Waals surface area contributed by atoms with Crippen molar-refractivity contribution in [1.29, 1.82) is 0 Å². The Morgan fingerprint density at radius 1 is 1.06 bits per heavy atom. The second kappa shape index (κ2) is 4.40. The number of H-pyrrole nitrogens is 2. The highest BCUT2D eigenvalue weighted by Gasteiger charge is 2.19. The van der Waals surface area contributed by atoms with Crippen molar-refractivity contribution in [2.45, 2.75) is 11.3 Å². The smallest absolute Gasteiger partial charge is 0.314 e. The third-order valence-electron chi connectivity index (χ3n) is 2.29. The van der Waals surface area contributed by atoms with Crippen LogP contribution in [0.15, 0.2) is 27.8 Å². The largest absolute Gasteiger partial charge is 0.316 e. The molecule has 1 aromatic heterocycles. The molecule has 0 aliphatic heterocycles. The first-order chi connectivity index (χ1) is 7.99. The SMILES string of the molecule is O=c1[nH]c2ccc(C(Br)C(F)F)cc2[nH]c1=O. The van der Waals surface area contributed by atoms with Crippen molar-refractivity contribution in [3.05, 3.63) is 44.5 Å². The van der Waals surface area contributed by atoms with Crippen LogP contribution < -0.4 is 11.1 Å². The van der Waals surface area contributed by atoms with Crippen LogP contribution in [0.5, 0.6) is 0 Å². The first-order valence-electron chi connectivity index (χ1n) is 4.67. The van der Waals surface area contributed by atoms with Crippen molar-refractivity contribution in [3.8, 4) is 0 Å². The van der Waals surface area contributed by atoms with Gasteiger partial charge in [0, 0.05) is 0 Å². The highest BCUT2D eigenvalue weighted by atomic mass is 79.9. The van der Waals surface area contributed by atoms with Gasteiger partial charge in [0.2, 0.25) is 0 Å². The van der Waals surface area contributed by atoms with Gasteiger partial charge in [0.25, 0.3) is 6.43 Å². The summed E-state index contributed by atoms with van der Waals surface area (Å²) in [5.74, 6) is 0. The first-order valence-corrected chi connectivity index (χ1v) is 5.59. The Bertz CT molecular complexity index is 665. The van der Waals surface area contributed by atoms with Crippen molar-refractivity contribution < 1.29 is 8.78 Å². The molecule has 1 heterocycles. The highest BCUT2D eigenvalue weighted by molar-refractivity contribution is 9.09. The second-order valence-electron chi connectivity index (χ2n) is 3.45. The van der Waals surface area contributed by atoms with E-state index in [1.54, 1.807) is 0 Å². The van der Waals surface area contributed by atoms with Gasteiger partial charge in [-0.05, 0) is 17.7 Å². The van der Waals surface area contributed by atoms with E-state index >= 15 is 0 Å². The minimum Gasteiger partial charge on any atom is -0.316 e. The van der Waals surface area contributed by atoms with Crippen LogP contribution in [-0.2, 0) is 0 Å². The second-order valence-corrected chi connectivity index (χ2v) is 4.44. The zero-order valence-corrected chi connectivity index (χ0v) is 9.92. The standard InChI is InChI=1S/C10H7BrF2N2O2/c11-7(8(12)13)4-1-2-5-6(3-4)15-10(17)9(16)14-5/h1-3,7-8H,(H,14,16)(H,15,17). The Morgan fingerprint density at radius 2 is 1.65 bits per heavy atom. The minimum atomic E-state index is -2.55. The average Bonchev–Trinajstić information content (AvgIpc) is 2.29. The third kappa shape index (κ3) is 2.28. The van der Waals surface area contributed by atoms with E-state index in [9.17, 15) is 18.4 Å². The predicted molar refractivity (Wildman–Crippen MR) is 62.9 cm³/mol. The van der Waals surface area contributed by atoms with Crippen LogP contribution in [0.25, 0.3) is 11.0 Å². The van der Waals surface area contributed by atoms with Crippen LogP contribution in [0.1, 0.15) is 10.4 Å². The summed E-state index contributed by atoms with van der Waals surface area (Å²) in [5, 5.41) is 0. The molecule has 4 nitrogen and oxygen atoms in total. The van der Waals surface area contributed by atoms with Gasteiger partial charge in [-0.25, -0.2) is 8.78 Å². The molecule has 17 heavy (non-hydrogen) atoms. The van der Waals surface area contributed by atoms with E-state index < -0.39 is 22.4 Å². The number of rotatable bonds is 2. The number of hydrogen-bond acceptors (Lipinski definition) is 2. The van der Waals surface area contributed by atoms with Crippen molar-refractivity contribution >= 4 is 27.0 Å². The van der Waals surface area contributed by atoms with Crippen LogP contribution in [0.3, 0.4) is 0 Å². The van der Waals surface area contributed by atoms with E-state index in [-0.39, 0.29) is 0 Å². The number of aromatic amines is 2. The van der Waals surface area contributed by atoms with Gasteiger partial charge in [0.1, 0.15) is 4.83 Å². The maximum Gasteiger partial charge on any atom is 0.314 e. The van der Waals surface area contributed by atoms with Crippen molar-refractivity contribution in [2.24, 2.45) is 0 Å². The van der Waals surface area contributed by atoms with Crippen LogP contribution in [0, 0.1) is 0 Å². The van der Waals surface area contributed by atoms with Crippen molar-refractivity contribution in [2.75, 3.05) is 0 Å². The lowest BCUT2D eigenvalue weighted by Gasteiger charge is -2.09. The molecular weight excluding hydrogens is 298 g/mol. The molecule has 90 valence electrons. The molecule has 2 rings (SSSR count). The number of benzene rings is 1. The van der Waals surface area contributed by atoms with Gasteiger partial charge in [-0.15, -0.1) is 0 Å². The molecule has 0 saturated heterocycles. The fourth-order valence-corrected chi connectivity index (χ4v) is 1.73. The van der Waals surface area contributed by atoms with Gasteiger partial charge < -0.3 is 9.97 Å². The van der Waals surface area contributed by atoms with Gasteiger partial charge in [-0.3, -0.25) is 9.59 Å². The van der Waals surface area contributed by atoms with Crippen LogP contribution >= 0.6 is 15.9 Å². The quantitative estimate of drug-likeness (QED) is 0.657. The summed E-state index contributed by atoms with van der Waals surface area (Å²) >= 11 is 2.86. The Hall–Kier alpha value is -1.50. The number of hydrogen-bond donors (Lipinski definition) is 2. The monoisotopic (exact) mass is 304 g/mol. The predicted octanol–water partition coefficient (Wildman–Crippen LogP) is 1.92. The lowest BCUT2D eigenvalue weighted by Crippen LogP contribution is -2.28. The Labute approximate surface area is 102 Å². The third-order valence-corrected chi connectivity index (χ3v) is 3.21. The molecule has 2 aromatic rings. The van der Waals surface area contributed by atoms with Gasteiger partial charge in [0.05, 0.1) is 11.0 Å². The highest BCUT2D eigenvalue weighted by Crippen LogP contribution is 2.30. The lowest BCUT2D eigenvalue weighted by atomic mass is 10.1. The zero-order chi connectivity index (χ0) is 12.6. The summed E-state index contributed by atoms with van der Waals surface area (Å²) in [7, 11) is 0. The summed E-state index contributed by atoms with van der Waals surface area (Å²) in [4.78, 5) is 25.7. The molecule has 0 aliphatic carbocycles. The van der Waals surface area contributed by atoms with Gasteiger partial charge in [-0.1, -0.05) is 22.0 Å². The molecule has 0 fully saturated rings. The zero-order valence-electron chi connectivity index (χ0n) is 8.34. The summed E-state index contributed by atoms with van der Waals surface area (Å²) in [6, 6.07) is 4.33. The van der Waals surface area contributed by atoms with E-state index in [1.807, 2.05) is 0 Å². The minimum absolute atomic E-state index is 0.317. The number of halogens is 3. The molecule has 0 aliphatic rings. The molecule has 0 amide bonds.